The highest BCUT2D eigenvalue weighted by Crippen LogP contribution is 2.45. The molecule has 1 amide bonds. The van der Waals surface area contributed by atoms with Gasteiger partial charge in [-0.15, -0.1) is 0 Å². The quantitative estimate of drug-likeness (QED) is 0.354. The van der Waals surface area contributed by atoms with Crippen molar-refractivity contribution in [3.8, 4) is 17.2 Å². The van der Waals surface area contributed by atoms with E-state index >= 15 is 0 Å². The van der Waals surface area contributed by atoms with Crippen LogP contribution in [-0.4, -0.2) is 74.6 Å². The van der Waals surface area contributed by atoms with Crippen LogP contribution in [0.15, 0.2) is 48.0 Å². The van der Waals surface area contributed by atoms with Crippen LogP contribution in [-0.2, 0) is 9.59 Å². The molecule has 1 atom stereocenters. The van der Waals surface area contributed by atoms with E-state index < -0.39 is 17.7 Å². The Hall–Kier alpha value is -3.52. The van der Waals surface area contributed by atoms with Crippen molar-refractivity contribution in [2.24, 2.45) is 0 Å². The lowest BCUT2D eigenvalue weighted by Crippen LogP contribution is -2.35. The van der Waals surface area contributed by atoms with Crippen LogP contribution in [0.3, 0.4) is 0 Å². The van der Waals surface area contributed by atoms with Gasteiger partial charge in [0.2, 0.25) is 0 Å². The normalized spacial score (nSPS) is 17.5. The number of ketones is 1. The van der Waals surface area contributed by atoms with E-state index in [-0.39, 0.29) is 11.3 Å². The van der Waals surface area contributed by atoms with E-state index in [1.54, 1.807) is 42.5 Å². The molecule has 0 aromatic heterocycles. The Balaban J connectivity index is 2.19. The monoisotopic (exact) mass is 454 g/mol. The molecule has 8 heteroatoms. The van der Waals surface area contributed by atoms with Crippen molar-refractivity contribution < 1.29 is 28.9 Å². The summed E-state index contributed by atoms with van der Waals surface area (Å²) in [4.78, 5) is 29.6. The third-order valence-corrected chi connectivity index (χ3v) is 5.49. The van der Waals surface area contributed by atoms with Crippen LogP contribution in [0, 0.1) is 0 Å². The Morgan fingerprint density at radius 2 is 1.76 bits per heavy atom. The molecule has 1 aliphatic heterocycles. The number of likely N-dealkylation sites (tertiary alicyclic amines) is 1. The predicted molar refractivity (Wildman–Crippen MR) is 125 cm³/mol. The third-order valence-electron chi connectivity index (χ3n) is 5.49. The number of benzene rings is 2. The van der Waals surface area contributed by atoms with Gasteiger partial charge in [0, 0.05) is 24.2 Å². The lowest BCUT2D eigenvalue weighted by Gasteiger charge is -2.28. The minimum absolute atomic E-state index is 0.00877. The molecule has 0 aliphatic carbocycles. The van der Waals surface area contributed by atoms with Crippen molar-refractivity contribution >= 4 is 17.4 Å². The van der Waals surface area contributed by atoms with Crippen LogP contribution >= 0.6 is 0 Å². The largest absolute Gasteiger partial charge is 0.507 e. The van der Waals surface area contributed by atoms with Crippen molar-refractivity contribution in [2.45, 2.75) is 13.0 Å². The summed E-state index contributed by atoms with van der Waals surface area (Å²) < 4.78 is 16.5. The first-order valence-electron chi connectivity index (χ1n) is 10.7. The molecule has 8 nitrogen and oxygen atoms in total. The summed E-state index contributed by atoms with van der Waals surface area (Å²) in [5.41, 5.74) is 0.979. The Bertz CT molecular complexity index is 1050. The van der Waals surface area contributed by atoms with E-state index in [4.69, 9.17) is 14.2 Å². The standard InChI is InChI=1S/C25H30N2O6/c1-6-33-17-12-10-16(11-13-17)22(28)20-21(18-8-7-9-19(31-4)24(18)32-5)27(15-14-26(2)3)25(30)23(20)29/h7-13,21,28H,6,14-15H2,1-5H3/b22-20+. The molecular formula is C25H30N2O6. The molecule has 1 aliphatic rings. The molecule has 0 saturated carbocycles. The molecule has 0 spiro atoms. The average molecular weight is 455 g/mol. The van der Waals surface area contributed by atoms with Crippen LogP contribution < -0.4 is 14.2 Å². The molecule has 1 fully saturated rings. The number of nitrogens with zero attached hydrogens (tertiary/aromatic N) is 2. The minimum atomic E-state index is -0.832. The summed E-state index contributed by atoms with van der Waals surface area (Å²) in [5.74, 6) is -0.145. The van der Waals surface area contributed by atoms with E-state index in [1.165, 1.54) is 19.1 Å². The summed E-state index contributed by atoms with van der Waals surface area (Å²) >= 11 is 0. The molecule has 2 aromatic carbocycles. The van der Waals surface area contributed by atoms with Crippen molar-refractivity contribution in [3.05, 3.63) is 59.2 Å². The first-order valence-corrected chi connectivity index (χ1v) is 10.7. The number of methoxy groups -OCH3 is 2. The number of aliphatic hydroxyl groups is 1. The summed E-state index contributed by atoms with van der Waals surface area (Å²) in [6.45, 7) is 3.23. The average Bonchev–Trinajstić information content (AvgIpc) is 3.06. The van der Waals surface area contributed by atoms with Crippen molar-refractivity contribution in [1.82, 2.24) is 9.80 Å². The lowest BCUT2D eigenvalue weighted by atomic mass is 9.94. The number of rotatable bonds is 9. The van der Waals surface area contributed by atoms with Gasteiger partial charge in [0.25, 0.3) is 11.7 Å². The number of para-hydroxylation sites is 1. The van der Waals surface area contributed by atoms with Crippen LogP contribution in [0.5, 0.6) is 17.2 Å². The highest BCUT2D eigenvalue weighted by molar-refractivity contribution is 6.46. The highest BCUT2D eigenvalue weighted by Gasteiger charge is 2.47. The Morgan fingerprint density at radius 3 is 2.33 bits per heavy atom. The van der Waals surface area contributed by atoms with Gasteiger partial charge in [0.05, 0.1) is 32.4 Å². The van der Waals surface area contributed by atoms with Crippen LogP contribution in [0.2, 0.25) is 0 Å². The fourth-order valence-electron chi connectivity index (χ4n) is 3.90. The lowest BCUT2D eigenvalue weighted by molar-refractivity contribution is -0.140. The molecule has 1 saturated heterocycles. The van der Waals surface area contributed by atoms with E-state index in [1.807, 2.05) is 25.9 Å². The highest BCUT2D eigenvalue weighted by atomic mass is 16.5. The molecule has 1 heterocycles. The zero-order valence-electron chi connectivity index (χ0n) is 19.6. The van der Waals surface area contributed by atoms with Crippen LogP contribution in [0.4, 0.5) is 0 Å². The van der Waals surface area contributed by atoms with Gasteiger partial charge >= 0.3 is 0 Å². The second kappa shape index (κ2) is 10.4. The summed E-state index contributed by atoms with van der Waals surface area (Å²) in [6, 6.07) is 11.2. The first-order chi connectivity index (χ1) is 15.8. The van der Waals surface area contributed by atoms with Gasteiger partial charge in [0.1, 0.15) is 11.5 Å². The topological polar surface area (TPSA) is 88.5 Å². The van der Waals surface area contributed by atoms with Crippen molar-refractivity contribution in [2.75, 3.05) is 48.0 Å². The number of Topliss-reactive ketones (excluding diaryl/α,β-unsaturated/α-hetero) is 1. The van der Waals surface area contributed by atoms with Gasteiger partial charge in [-0.05, 0) is 51.4 Å². The predicted octanol–water partition coefficient (Wildman–Crippen LogP) is 3.09. The second-order valence-electron chi connectivity index (χ2n) is 7.84. The smallest absolute Gasteiger partial charge is 0.295 e. The fraction of sp³-hybridized carbons (Fsp3) is 0.360. The Labute approximate surface area is 194 Å². The van der Waals surface area contributed by atoms with Gasteiger partial charge < -0.3 is 29.1 Å². The van der Waals surface area contributed by atoms with Gasteiger partial charge in [-0.1, -0.05) is 12.1 Å². The summed E-state index contributed by atoms with van der Waals surface area (Å²) in [6.07, 6.45) is 0. The number of amides is 1. The minimum Gasteiger partial charge on any atom is -0.507 e. The zero-order chi connectivity index (χ0) is 24.1. The van der Waals surface area contributed by atoms with Crippen molar-refractivity contribution in [3.63, 3.8) is 0 Å². The maximum atomic E-state index is 13.2. The molecular weight excluding hydrogens is 424 g/mol. The molecule has 0 radical (unpaired) electrons. The number of aliphatic hydroxyl groups excluding tert-OH is 1. The number of carbonyl (C=O) groups excluding carboxylic acids is 2. The number of likely N-dealkylation sites (N-methyl/N-ethyl adjacent to an activating group) is 1. The number of hydrogen-bond acceptors (Lipinski definition) is 7. The summed E-state index contributed by atoms with van der Waals surface area (Å²) in [7, 11) is 6.79. The molecule has 1 unspecified atom stereocenters. The zero-order valence-corrected chi connectivity index (χ0v) is 19.6. The molecule has 1 N–H and O–H groups in total. The van der Waals surface area contributed by atoms with Gasteiger partial charge in [-0.25, -0.2) is 0 Å². The summed E-state index contributed by atoms with van der Waals surface area (Å²) in [5, 5.41) is 11.2. The molecule has 3 rings (SSSR count). The van der Waals surface area contributed by atoms with E-state index in [9.17, 15) is 14.7 Å². The Morgan fingerprint density at radius 1 is 1.06 bits per heavy atom. The van der Waals surface area contributed by atoms with Gasteiger partial charge in [0.15, 0.2) is 11.5 Å². The number of hydrogen-bond donors (Lipinski definition) is 1. The molecule has 0 bridgehead atoms. The van der Waals surface area contributed by atoms with E-state index in [2.05, 4.69) is 0 Å². The van der Waals surface area contributed by atoms with E-state index in [0.717, 1.165) is 0 Å². The number of ether oxygens (including phenoxy) is 3. The number of carbonyl (C=O) groups is 2. The van der Waals surface area contributed by atoms with Crippen molar-refractivity contribution in [1.29, 1.82) is 0 Å². The fourth-order valence-corrected chi connectivity index (χ4v) is 3.90. The van der Waals surface area contributed by atoms with Crippen LogP contribution in [0.25, 0.3) is 5.76 Å². The first kappa shape index (κ1) is 24.1. The van der Waals surface area contributed by atoms with Gasteiger partial charge in [-0.3, -0.25) is 9.59 Å². The van der Waals surface area contributed by atoms with E-state index in [0.29, 0.717) is 48.1 Å². The van der Waals surface area contributed by atoms with Gasteiger partial charge in [-0.2, -0.15) is 0 Å². The molecule has 33 heavy (non-hydrogen) atoms. The maximum Gasteiger partial charge on any atom is 0.295 e. The molecule has 176 valence electrons. The molecule has 2 aromatic rings. The third kappa shape index (κ3) is 4.80. The second-order valence-corrected chi connectivity index (χ2v) is 7.84. The van der Waals surface area contributed by atoms with Crippen LogP contribution in [0.1, 0.15) is 24.1 Å². The SMILES string of the molecule is CCOc1ccc(/C(O)=C2\C(=O)C(=O)N(CCN(C)C)C2c2cccc(OC)c2OC)cc1. The maximum absolute atomic E-state index is 13.2. The Kier molecular flexibility index (Phi) is 7.60.